The predicted octanol–water partition coefficient (Wildman–Crippen LogP) is 4.20. The van der Waals surface area contributed by atoms with E-state index in [0.717, 1.165) is 41.8 Å². The lowest BCUT2D eigenvalue weighted by Gasteiger charge is -2.40. The second kappa shape index (κ2) is 21.3. The van der Waals surface area contributed by atoms with Crippen LogP contribution >= 0.6 is 0 Å². The molecule has 8 unspecified atom stereocenters. The second-order valence-electron chi connectivity index (χ2n) is 19.6. The van der Waals surface area contributed by atoms with E-state index in [0.29, 0.717) is 63.3 Å². The summed E-state index contributed by atoms with van der Waals surface area (Å²) in [6.07, 6.45) is 22.7. The summed E-state index contributed by atoms with van der Waals surface area (Å²) < 4.78 is 13.2. The summed E-state index contributed by atoms with van der Waals surface area (Å²) in [5.41, 5.74) is 13.2. The molecule has 0 saturated carbocycles. The van der Waals surface area contributed by atoms with Gasteiger partial charge in [0.2, 0.25) is 5.78 Å². The number of esters is 1. The number of fused-ring (bicyclic) bond motifs is 3. The van der Waals surface area contributed by atoms with Crippen molar-refractivity contribution in [2.75, 3.05) is 40.5 Å². The van der Waals surface area contributed by atoms with Crippen LogP contribution in [0, 0.1) is 17.3 Å². The molecule has 7 rings (SSSR count). The van der Waals surface area contributed by atoms with Crippen molar-refractivity contribution in [1.29, 1.82) is 0 Å². The van der Waals surface area contributed by atoms with Crippen LogP contribution in [0.2, 0.25) is 0 Å². The largest absolute Gasteiger partial charge is 0.459 e. The van der Waals surface area contributed by atoms with Crippen molar-refractivity contribution in [3.05, 3.63) is 118 Å². The fourth-order valence-corrected chi connectivity index (χ4v) is 10.7. The number of nitrogens with two attached hydrogens (primary N) is 2. The Kier molecular flexibility index (Phi) is 15.8. The zero-order valence-corrected chi connectivity index (χ0v) is 40.2. The molecule has 0 aromatic heterocycles. The quantitative estimate of drug-likeness (QED) is 0.0160. The number of carbonyl (C=O) groups is 3. The highest BCUT2D eigenvalue weighted by atomic mass is 16.7. The smallest absolute Gasteiger partial charge is 0.350 e. The van der Waals surface area contributed by atoms with Crippen LogP contribution in [0.4, 0.5) is 0 Å². The highest BCUT2D eigenvalue weighted by Crippen LogP contribution is 2.59. The second-order valence-corrected chi connectivity index (χ2v) is 19.6. The van der Waals surface area contributed by atoms with Gasteiger partial charge in [0.1, 0.15) is 11.9 Å². The number of epoxide rings is 1. The number of dihydropyridines is 2. The maximum atomic E-state index is 15.5. The highest BCUT2D eigenvalue weighted by molar-refractivity contribution is 6.33. The minimum Gasteiger partial charge on any atom is -0.459 e. The predicted molar refractivity (Wildman–Crippen MR) is 262 cm³/mol. The number of aliphatic hydroxyl groups excluding tert-OH is 1. The summed E-state index contributed by atoms with van der Waals surface area (Å²) in [5, 5.41) is 30.0. The lowest BCUT2D eigenvalue weighted by Crippen LogP contribution is -2.53. The van der Waals surface area contributed by atoms with Crippen LogP contribution in [0.1, 0.15) is 105 Å². The summed E-state index contributed by atoms with van der Waals surface area (Å²) in [7, 11) is 3.49. The molecule has 15 nitrogen and oxygen atoms in total. The van der Waals surface area contributed by atoms with E-state index >= 15 is 14.4 Å². The monoisotopic (exact) mass is 920 g/mol. The number of rotatable bonds is 21. The van der Waals surface area contributed by atoms with E-state index in [1.165, 1.54) is 5.57 Å². The number of aliphatic hydroxyl groups is 1. The van der Waals surface area contributed by atoms with E-state index in [2.05, 4.69) is 82.0 Å². The number of benzene rings is 1. The number of nitrogens with zero attached hydrogens (tertiary/aromatic N) is 1. The molecule has 0 radical (unpaired) electrons. The number of guanidine groups is 1. The van der Waals surface area contributed by atoms with Crippen LogP contribution in [0.25, 0.3) is 0 Å². The molecule has 1 aromatic carbocycles. The van der Waals surface area contributed by atoms with Crippen molar-refractivity contribution < 1.29 is 29.0 Å². The number of aliphatic imine (C=N–C) groups is 1. The fourth-order valence-electron chi connectivity index (χ4n) is 10.7. The van der Waals surface area contributed by atoms with Gasteiger partial charge in [-0.2, -0.15) is 0 Å². The van der Waals surface area contributed by atoms with Crippen molar-refractivity contribution in [2.45, 2.75) is 121 Å². The molecule has 362 valence electrons. The van der Waals surface area contributed by atoms with Crippen LogP contribution < -0.4 is 43.4 Å². The molecule has 1 aromatic rings. The molecule has 3 aliphatic heterocycles. The van der Waals surface area contributed by atoms with Gasteiger partial charge >= 0.3 is 5.97 Å². The average molecular weight is 920 g/mol. The Labute approximate surface area is 396 Å². The molecule has 6 aliphatic rings. The van der Waals surface area contributed by atoms with Gasteiger partial charge < -0.3 is 57.9 Å². The Morgan fingerprint density at radius 3 is 2.75 bits per heavy atom. The molecule has 1 fully saturated rings. The number of hydrogen-bond acceptors (Lipinski definition) is 13. The Morgan fingerprint density at radius 2 is 2.01 bits per heavy atom. The molecular formula is C52H73N9O6. The van der Waals surface area contributed by atoms with Gasteiger partial charge in [-0.25, -0.2) is 4.79 Å². The van der Waals surface area contributed by atoms with Crippen molar-refractivity contribution in [3.8, 4) is 0 Å². The van der Waals surface area contributed by atoms with Gasteiger partial charge in [-0.1, -0.05) is 81.0 Å². The van der Waals surface area contributed by atoms with Crippen molar-refractivity contribution in [1.82, 2.24) is 31.9 Å². The molecule has 3 heterocycles. The summed E-state index contributed by atoms with van der Waals surface area (Å²) in [5.74, 6) is -0.539. The van der Waals surface area contributed by atoms with Gasteiger partial charge in [0.25, 0.3) is 5.60 Å². The van der Waals surface area contributed by atoms with Gasteiger partial charge in [-0.15, -0.1) is 0 Å². The third kappa shape index (κ3) is 10.7. The SMILES string of the molecule is CCNC1C=C2C=CCCC2CC1C(CCCO)OC(=O)C12OC1(CC=C(C)CC(NC(N)=NC)C1=CCNC(NCNC)=C1)C(=O)c1cccc(CC(C)(C)CC3=CNC(N)C=C3)c1C2=O. The lowest BCUT2D eigenvalue weighted by atomic mass is 9.69. The number of ether oxygens (including phenoxy) is 2. The first kappa shape index (κ1) is 49.6. The molecule has 0 spiro atoms. The van der Waals surface area contributed by atoms with E-state index < -0.39 is 34.8 Å². The van der Waals surface area contributed by atoms with Gasteiger partial charge in [-0.3, -0.25) is 14.6 Å². The summed E-state index contributed by atoms with van der Waals surface area (Å²) in [4.78, 5) is 50.3. The number of allylic oxidation sites excluding steroid dienone is 5. The number of carbonyl (C=O) groups excluding carboxylic acids is 3. The number of hydrogen-bond donors (Lipinski definition) is 9. The standard InChI is InChI=1S/C52H73N9O6/c1-7-57-41-26-35-13-9-8-12-34(35)25-39(41)42(16-11-23-62)66-48(65)52-47(64)45-37(29-50(3,4)28-33-17-18-43(53)59-30-33)14-10-15-38(45)46(63)51(52,67-52)21-19-32(2)24-40(61-49(54)56-6)36-20-22-58-44(27-36)60-31-55-5/h9-10,13-15,17-20,26-27,30,34,39-43,55,57-60,62H,7-8,11-12,16,21-25,28-29,31,53H2,1-6H3,(H3,54,56,61). The van der Waals surface area contributed by atoms with Crippen LogP contribution in [-0.2, 0) is 20.7 Å². The van der Waals surface area contributed by atoms with Crippen LogP contribution in [0.3, 0.4) is 0 Å². The normalized spacial score (nSPS) is 27.7. The Bertz CT molecular complexity index is 2290. The van der Waals surface area contributed by atoms with Crippen molar-refractivity contribution in [3.63, 3.8) is 0 Å². The summed E-state index contributed by atoms with van der Waals surface area (Å²) in [6.45, 7) is 10.0. The van der Waals surface area contributed by atoms with Crippen LogP contribution in [0.15, 0.2) is 106 Å². The molecule has 15 heteroatoms. The maximum Gasteiger partial charge on any atom is 0.350 e. The highest BCUT2D eigenvalue weighted by Gasteiger charge is 2.85. The third-order valence-corrected chi connectivity index (χ3v) is 14.1. The van der Waals surface area contributed by atoms with E-state index in [-0.39, 0.29) is 59.7 Å². The molecule has 1 saturated heterocycles. The minimum atomic E-state index is -2.21. The van der Waals surface area contributed by atoms with E-state index in [1.54, 1.807) is 13.1 Å². The Morgan fingerprint density at radius 1 is 1.19 bits per heavy atom. The van der Waals surface area contributed by atoms with Gasteiger partial charge in [0, 0.05) is 55.9 Å². The van der Waals surface area contributed by atoms with Gasteiger partial charge in [0.15, 0.2) is 17.3 Å². The summed E-state index contributed by atoms with van der Waals surface area (Å²) >= 11 is 0. The van der Waals surface area contributed by atoms with Crippen LogP contribution in [-0.4, -0.2) is 105 Å². The Hall–Kier alpha value is -5.32. The van der Waals surface area contributed by atoms with Crippen molar-refractivity contribution in [2.24, 2.45) is 33.7 Å². The first-order chi connectivity index (χ1) is 32.2. The lowest BCUT2D eigenvalue weighted by molar-refractivity contribution is -0.158. The first-order valence-corrected chi connectivity index (χ1v) is 24.1. The third-order valence-electron chi connectivity index (χ3n) is 14.1. The number of ketones is 2. The summed E-state index contributed by atoms with van der Waals surface area (Å²) in [6, 6.07) is 4.98. The number of likely N-dealkylation sites (N-methyl/N-ethyl adjacent to an activating group) is 1. The molecule has 67 heavy (non-hydrogen) atoms. The van der Waals surface area contributed by atoms with Crippen molar-refractivity contribution >= 4 is 23.5 Å². The molecular weight excluding hydrogens is 847 g/mol. The topological polar surface area (TPSA) is 230 Å². The number of Topliss-reactive ketones (excluding diaryl/α,β-unsaturated/α-hetero) is 2. The van der Waals surface area contributed by atoms with E-state index in [1.807, 2.05) is 56.6 Å². The molecule has 11 N–H and O–H groups in total. The first-order valence-electron chi connectivity index (χ1n) is 24.1. The molecule has 0 amide bonds. The van der Waals surface area contributed by atoms with E-state index in [4.69, 9.17) is 20.9 Å². The number of nitrogens with one attached hydrogen (secondary N) is 6. The molecule has 3 aliphatic carbocycles. The molecule has 0 bridgehead atoms. The Balaban J connectivity index is 1.24. The molecule has 8 atom stereocenters. The zero-order valence-electron chi connectivity index (χ0n) is 40.2. The van der Waals surface area contributed by atoms with Gasteiger partial charge in [-0.05, 0) is 118 Å². The van der Waals surface area contributed by atoms with E-state index in [9.17, 15) is 5.11 Å². The van der Waals surface area contributed by atoms with Gasteiger partial charge in [0.05, 0.1) is 18.9 Å². The average Bonchev–Trinajstić information content (AvgIpc) is 4.03. The fraction of sp³-hybridized carbons (Fsp3) is 0.538. The van der Waals surface area contributed by atoms with Crippen LogP contribution in [0.5, 0.6) is 0 Å². The minimum absolute atomic E-state index is 0.0377. The zero-order chi connectivity index (χ0) is 47.9. The maximum absolute atomic E-state index is 15.5.